The highest BCUT2D eigenvalue weighted by atomic mass is 32.2. The van der Waals surface area contributed by atoms with Gasteiger partial charge in [-0.3, -0.25) is 13.9 Å². The minimum atomic E-state index is -4.14. The van der Waals surface area contributed by atoms with Crippen molar-refractivity contribution < 1.29 is 27.1 Å². The quantitative estimate of drug-likeness (QED) is 0.411. The van der Waals surface area contributed by atoms with Crippen LogP contribution in [0, 0.1) is 5.82 Å². The molecule has 0 saturated carbocycles. The van der Waals surface area contributed by atoms with Crippen LogP contribution in [0.2, 0.25) is 0 Å². The van der Waals surface area contributed by atoms with Crippen molar-refractivity contribution in [3.05, 3.63) is 90.2 Å². The molecule has 1 N–H and O–H groups in total. The fraction of sp³-hybridized carbons (Fsp3) is 0.259. The summed E-state index contributed by atoms with van der Waals surface area (Å²) >= 11 is 0. The van der Waals surface area contributed by atoms with Crippen LogP contribution in [0.5, 0.6) is 5.75 Å². The number of carbonyl (C=O) groups excluding carboxylic acids is 2. The smallest absolute Gasteiger partial charge is 0.264 e. The van der Waals surface area contributed by atoms with E-state index in [1.165, 1.54) is 48.4 Å². The molecule has 3 aromatic carbocycles. The molecule has 0 fully saturated rings. The molecule has 0 aliphatic carbocycles. The predicted octanol–water partition coefficient (Wildman–Crippen LogP) is 3.58. The molecule has 0 bridgehead atoms. The zero-order valence-corrected chi connectivity index (χ0v) is 21.7. The Balaban J connectivity index is 2.01. The van der Waals surface area contributed by atoms with Gasteiger partial charge in [0.1, 0.15) is 24.2 Å². The Labute approximate surface area is 216 Å². The minimum Gasteiger partial charge on any atom is -0.497 e. The summed E-state index contributed by atoms with van der Waals surface area (Å²) in [5.41, 5.74) is 0.846. The van der Waals surface area contributed by atoms with Gasteiger partial charge in [-0.15, -0.1) is 0 Å². The number of amides is 2. The Hall–Kier alpha value is -3.92. The highest BCUT2D eigenvalue weighted by molar-refractivity contribution is 7.92. The van der Waals surface area contributed by atoms with E-state index in [1.807, 2.05) is 0 Å². The fourth-order valence-electron chi connectivity index (χ4n) is 3.69. The average molecular weight is 528 g/mol. The molecule has 3 aromatic rings. The van der Waals surface area contributed by atoms with Crippen LogP contribution < -0.4 is 14.4 Å². The number of likely N-dealkylation sites (N-methyl/N-ethyl adjacent to an activating group) is 1. The number of benzene rings is 3. The zero-order valence-electron chi connectivity index (χ0n) is 20.9. The molecule has 0 aromatic heterocycles. The Kier molecular flexibility index (Phi) is 9.24. The molecule has 0 radical (unpaired) electrons. The second-order valence-corrected chi connectivity index (χ2v) is 10.1. The van der Waals surface area contributed by atoms with Crippen molar-refractivity contribution in [3.8, 4) is 5.75 Å². The number of nitrogens with one attached hydrogen (secondary N) is 1. The van der Waals surface area contributed by atoms with Gasteiger partial charge in [0.2, 0.25) is 11.8 Å². The van der Waals surface area contributed by atoms with Crippen LogP contribution in [0.1, 0.15) is 19.4 Å². The van der Waals surface area contributed by atoms with Crippen molar-refractivity contribution in [2.24, 2.45) is 0 Å². The van der Waals surface area contributed by atoms with Gasteiger partial charge >= 0.3 is 0 Å². The van der Waals surface area contributed by atoms with E-state index in [1.54, 1.807) is 56.3 Å². The number of hydrogen-bond donors (Lipinski definition) is 1. The highest BCUT2D eigenvalue weighted by Gasteiger charge is 2.32. The summed E-state index contributed by atoms with van der Waals surface area (Å²) < 4.78 is 46.9. The lowest BCUT2D eigenvalue weighted by Crippen LogP contribution is -2.51. The van der Waals surface area contributed by atoms with Gasteiger partial charge in [-0.05, 0) is 67.9 Å². The number of hydrogen-bond acceptors (Lipinski definition) is 5. The van der Waals surface area contributed by atoms with Gasteiger partial charge in [-0.25, -0.2) is 12.8 Å². The predicted molar refractivity (Wildman–Crippen MR) is 139 cm³/mol. The van der Waals surface area contributed by atoms with Crippen molar-refractivity contribution in [3.63, 3.8) is 0 Å². The van der Waals surface area contributed by atoms with Gasteiger partial charge in [0.15, 0.2) is 0 Å². The molecule has 0 heterocycles. The third-order valence-electron chi connectivity index (χ3n) is 5.75. The van der Waals surface area contributed by atoms with E-state index in [9.17, 15) is 22.4 Å². The summed E-state index contributed by atoms with van der Waals surface area (Å²) in [7, 11) is -2.65. The number of carbonyl (C=O) groups is 2. The molecule has 37 heavy (non-hydrogen) atoms. The Morgan fingerprint density at radius 1 is 0.973 bits per heavy atom. The van der Waals surface area contributed by atoms with E-state index in [4.69, 9.17) is 4.74 Å². The summed E-state index contributed by atoms with van der Waals surface area (Å²) in [5, 5.41) is 2.69. The maximum absolute atomic E-state index is 13.7. The number of nitrogens with zero attached hydrogens (tertiary/aromatic N) is 2. The van der Waals surface area contributed by atoms with E-state index in [-0.39, 0.29) is 23.0 Å². The number of sulfonamides is 1. The molecule has 8 nitrogen and oxygen atoms in total. The first-order valence-electron chi connectivity index (χ1n) is 11.7. The summed E-state index contributed by atoms with van der Waals surface area (Å²) in [6.45, 7) is 3.11. The van der Waals surface area contributed by atoms with Crippen molar-refractivity contribution in [1.82, 2.24) is 10.2 Å². The normalized spacial score (nSPS) is 11.9. The van der Waals surface area contributed by atoms with Crippen molar-refractivity contribution >= 4 is 27.5 Å². The molecule has 0 saturated heterocycles. The lowest BCUT2D eigenvalue weighted by Gasteiger charge is -2.32. The standard InChI is InChI=1S/C27H30FN3O5S/c1-4-29-27(33)20(2)30(18-21-10-12-22(28)13-11-21)26(32)19-31(23-14-16-24(36-3)17-15-23)37(34,35)25-8-6-5-7-9-25/h5-17,20H,4,18-19H2,1-3H3,(H,29,33). The fourth-order valence-corrected chi connectivity index (χ4v) is 5.12. The van der Waals surface area contributed by atoms with Crippen LogP contribution in [-0.4, -0.2) is 51.4 Å². The third kappa shape index (κ3) is 6.85. The summed E-state index contributed by atoms with van der Waals surface area (Å²) in [6, 6.07) is 18.7. The monoisotopic (exact) mass is 527 g/mol. The number of anilines is 1. The molecule has 0 aliphatic rings. The van der Waals surface area contributed by atoms with Crippen molar-refractivity contribution in [2.45, 2.75) is 31.3 Å². The van der Waals surface area contributed by atoms with Gasteiger partial charge in [0.05, 0.1) is 17.7 Å². The van der Waals surface area contributed by atoms with Gasteiger partial charge < -0.3 is 15.0 Å². The molecule has 1 unspecified atom stereocenters. The molecule has 0 aliphatic heterocycles. The molecule has 1 atom stereocenters. The van der Waals surface area contributed by atoms with Crippen LogP contribution in [0.4, 0.5) is 10.1 Å². The summed E-state index contributed by atoms with van der Waals surface area (Å²) in [6.07, 6.45) is 0. The number of methoxy groups -OCH3 is 1. The van der Waals surface area contributed by atoms with E-state index in [2.05, 4.69) is 5.32 Å². The third-order valence-corrected chi connectivity index (χ3v) is 7.54. The van der Waals surface area contributed by atoms with Crippen LogP contribution >= 0.6 is 0 Å². The second-order valence-electron chi connectivity index (χ2n) is 8.24. The Bertz CT molecular complexity index is 1300. The highest BCUT2D eigenvalue weighted by Crippen LogP contribution is 2.26. The van der Waals surface area contributed by atoms with Crippen LogP contribution in [-0.2, 0) is 26.2 Å². The SMILES string of the molecule is CCNC(=O)C(C)N(Cc1ccc(F)cc1)C(=O)CN(c1ccc(OC)cc1)S(=O)(=O)c1ccccc1. The molecule has 2 amide bonds. The van der Waals surface area contributed by atoms with E-state index < -0.39 is 34.3 Å². The van der Waals surface area contributed by atoms with Gasteiger partial charge in [0.25, 0.3) is 10.0 Å². The lowest BCUT2D eigenvalue weighted by atomic mass is 10.1. The largest absolute Gasteiger partial charge is 0.497 e. The maximum Gasteiger partial charge on any atom is 0.264 e. The molecule has 0 spiro atoms. The molecule has 196 valence electrons. The van der Waals surface area contributed by atoms with Gasteiger partial charge in [-0.2, -0.15) is 0 Å². The minimum absolute atomic E-state index is 0.0143. The van der Waals surface area contributed by atoms with Crippen molar-refractivity contribution in [2.75, 3.05) is 24.5 Å². The van der Waals surface area contributed by atoms with E-state index >= 15 is 0 Å². The van der Waals surface area contributed by atoms with Crippen LogP contribution in [0.3, 0.4) is 0 Å². The molecule has 3 rings (SSSR count). The first kappa shape index (κ1) is 27.7. The first-order chi connectivity index (χ1) is 17.7. The maximum atomic E-state index is 13.7. The molecule has 10 heteroatoms. The van der Waals surface area contributed by atoms with Crippen LogP contribution in [0.25, 0.3) is 0 Å². The lowest BCUT2D eigenvalue weighted by molar-refractivity contribution is -0.139. The number of halogens is 1. The summed E-state index contributed by atoms with van der Waals surface area (Å²) in [5.74, 6) is -0.897. The van der Waals surface area contributed by atoms with E-state index in [0.29, 0.717) is 17.9 Å². The van der Waals surface area contributed by atoms with E-state index in [0.717, 1.165) is 4.31 Å². The molecular weight excluding hydrogens is 497 g/mol. The van der Waals surface area contributed by atoms with Gasteiger partial charge in [-0.1, -0.05) is 30.3 Å². The van der Waals surface area contributed by atoms with Crippen molar-refractivity contribution in [1.29, 1.82) is 0 Å². The van der Waals surface area contributed by atoms with Gasteiger partial charge in [0, 0.05) is 13.1 Å². The summed E-state index contributed by atoms with van der Waals surface area (Å²) in [4.78, 5) is 27.7. The average Bonchev–Trinajstić information content (AvgIpc) is 2.91. The topological polar surface area (TPSA) is 96.0 Å². The first-order valence-corrected chi connectivity index (χ1v) is 13.1. The number of rotatable bonds is 11. The zero-order chi connectivity index (χ0) is 27.0. The Morgan fingerprint density at radius 3 is 2.16 bits per heavy atom. The van der Waals surface area contributed by atoms with Crippen LogP contribution in [0.15, 0.2) is 83.8 Å². The molecular formula is C27H30FN3O5S. The Morgan fingerprint density at radius 2 is 1.59 bits per heavy atom. The number of ether oxygens (including phenoxy) is 1. The second kappa shape index (κ2) is 12.4.